The van der Waals surface area contributed by atoms with Gasteiger partial charge in [0.2, 0.25) is 0 Å². The van der Waals surface area contributed by atoms with Crippen LogP contribution >= 0.6 is 11.6 Å². The molecule has 1 saturated carbocycles. The van der Waals surface area contributed by atoms with Crippen molar-refractivity contribution < 1.29 is 18.0 Å². The van der Waals surface area contributed by atoms with Gasteiger partial charge in [-0.05, 0) is 50.3 Å². The largest absolute Gasteiger partial charge is 0.417 e. The number of fused-ring (bicyclic) bond motifs is 3. The minimum absolute atomic E-state index is 0.110. The van der Waals surface area contributed by atoms with Crippen LogP contribution in [0.4, 0.5) is 19.0 Å². The molecular formula is C22H21ClF3N7O. The van der Waals surface area contributed by atoms with E-state index in [4.69, 9.17) is 11.6 Å². The van der Waals surface area contributed by atoms with Crippen molar-refractivity contribution in [3.8, 4) is 5.69 Å². The average Bonchev–Trinajstić information content (AvgIpc) is 3.34. The van der Waals surface area contributed by atoms with Crippen LogP contribution in [0.15, 0.2) is 36.8 Å². The zero-order valence-electron chi connectivity index (χ0n) is 18.1. The molecule has 3 unspecified atom stereocenters. The molecule has 1 N–H and O–H groups in total. The summed E-state index contributed by atoms with van der Waals surface area (Å²) in [6.07, 6.45) is 1.78. The number of hydrogen-bond acceptors (Lipinski definition) is 6. The fourth-order valence-corrected chi connectivity index (χ4v) is 5.02. The maximum Gasteiger partial charge on any atom is 0.417 e. The molecular weight excluding hydrogens is 471 g/mol. The van der Waals surface area contributed by atoms with Crippen LogP contribution in [0.25, 0.3) is 5.69 Å². The first-order valence-electron chi connectivity index (χ1n) is 10.9. The Bertz CT molecular complexity index is 1220. The second-order valence-corrected chi connectivity index (χ2v) is 9.05. The van der Waals surface area contributed by atoms with Crippen LogP contribution in [0.3, 0.4) is 0 Å². The number of rotatable bonds is 4. The number of carbonyl (C=O) groups is 1. The monoisotopic (exact) mass is 491 g/mol. The number of halogens is 4. The van der Waals surface area contributed by atoms with Crippen molar-refractivity contribution in [1.29, 1.82) is 0 Å². The van der Waals surface area contributed by atoms with Gasteiger partial charge in [0.15, 0.2) is 5.69 Å². The normalized spacial score (nSPS) is 22.1. The first-order chi connectivity index (χ1) is 16.2. The molecule has 0 aromatic carbocycles. The summed E-state index contributed by atoms with van der Waals surface area (Å²) in [4.78, 5) is 25.2. The molecule has 5 heterocycles. The van der Waals surface area contributed by atoms with Crippen LogP contribution in [-0.2, 0) is 6.18 Å². The molecule has 2 saturated heterocycles. The molecule has 0 spiro atoms. The Morgan fingerprint density at radius 1 is 1.21 bits per heavy atom. The Hall–Kier alpha value is -3.21. The lowest BCUT2D eigenvalue weighted by Crippen LogP contribution is -2.60. The van der Waals surface area contributed by atoms with Gasteiger partial charge in [0.1, 0.15) is 11.5 Å². The first-order valence-corrected chi connectivity index (χ1v) is 11.2. The van der Waals surface area contributed by atoms with Gasteiger partial charge >= 0.3 is 6.18 Å². The molecule has 1 amide bonds. The highest BCUT2D eigenvalue weighted by Gasteiger charge is 2.44. The van der Waals surface area contributed by atoms with E-state index >= 15 is 0 Å². The molecule has 3 aromatic heterocycles. The van der Waals surface area contributed by atoms with E-state index in [1.165, 1.54) is 17.2 Å². The summed E-state index contributed by atoms with van der Waals surface area (Å²) in [5.41, 5.74) is 0.527. The lowest BCUT2D eigenvalue weighted by atomic mass is 9.76. The molecule has 6 rings (SSSR count). The molecule has 34 heavy (non-hydrogen) atoms. The van der Waals surface area contributed by atoms with Crippen LogP contribution < -0.4 is 5.32 Å². The van der Waals surface area contributed by atoms with Gasteiger partial charge in [-0.3, -0.25) is 4.79 Å². The molecule has 1 aliphatic carbocycles. The van der Waals surface area contributed by atoms with E-state index in [9.17, 15) is 18.0 Å². The second-order valence-electron chi connectivity index (χ2n) is 8.65. The van der Waals surface area contributed by atoms with Gasteiger partial charge in [-0.15, -0.1) is 4.80 Å². The van der Waals surface area contributed by atoms with Gasteiger partial charge in [-0.1, -0.05) is 11.6 Å². The quantitative estimate of drug-likeness (QED) is 0.590. The minimum Gasteiger partial charge on any atom is -0.364 e. The van der Waals surface area contributed by atoms with Crippen molar-refractivity contribution in [3.63, 3.8) is 0 Å². The fourth-order valence-electron chi connectivity index (χ4n) is 4.80. The molecule has 3 atom stereocenters. The molecule has 3 aromatic rings. The predicted octanol–water partition coefficient (Wildman–Crippen LogP) is 4.14. The summed E-state index contributed by atoms with van der Waals surface area (Å²) in [6.45, 7) is 2.39. The second kappa shape index (κ2) is 8.53. The molecule has 8 nitrogen and oxygen atoms in total. The Labute approximate surface area is 198 Å². The number of piperidine rings is 2. The van der Waals surface area contributed by atoms with E-state index in [0.717, 1.165) is 31.5 Å². The van der Waals surface area contributed by atoms with Gasteiger partial charge in [0.25, 0.3) is 5.91 Å². The molecule has 2 bridgehead atoms. The maximum absolute atomic E-state index is 13.7. The van der Waals surface area contributed by atoms with Crippen molar-refractivity contribution in [2.75, 3.05) is 11.9 Å². The van der Waals surface area contributed by atoms with Crippen molar-refractivity contribution in [2.45, 2.75) is 44.4 Å². The number of anilines is 1. The zero-order chi connectivity index (χ0) is 24.0. The lowest BCUT2D eigenvalue weighted by Gasteiger charge is -2.50. The third kappa shape index (κ3) is 4.20. The number of nitrogens with one attached hydrogen (secondary N) is 1. The lowest BCUT2D eigenvalue weighted by molar-refractivity contribution is -0.137. The predicted molar refractivity (Wildman–Crippen MR) is 118 cm³/mol. The number of pyridine rings is 2. The number of amides is 1. The Morgan fingerprint density at radius 2 is 1.97 bits per heavy atom. The molecule has 0 radical (unpaired) electrons. The van der Waals surface area contributed by atoms with Crippen molar-refractivity contribution in [3.05, 3.63) is 58.8 Å². The van der Waals surface area contributed by atoms with Crippen LogP contribution in [-0.4, -0.2) is 54.4 Å². The summed E-state index contributed by atoms with van der Waals surface area (Å²) in [5, 5.41) is 11.4. The number of hydrogen-bond donors (Lipinski definition) is 1. The number of carbonyl (C=O) groups excluding carboxylic acids is 1. The highest BCUT2D eigenvalue weighted by atomic mass is 35.5. The Kier molecular flexibility index (Phi) is 5.67. The molecule has 12 heteroatoms. The summed E-state index contributed by atoms with van der Waals surface area (Å²) in [6, 6.07) is 4.04. The standard InChI is InChI=1S/C22H21ClF3N7O/c1-12-2-4-18(33-28-6-7-29-33)19(30-12)21(34)32-11-13-3-5-17(32)16(8-13)31-20-15(23)9-14(10-27-20)22(24,25)26/h2,4,6-7,9-10,13,16-17H,3,5,8,11H2,1H3,(H,27,31). The van der Waals surface area contributed by atoms with E-state index in [-0.39, 0.29) is 40.4 Å². The number of nitrogens with zero attached hydrogens (tertiary/aromatic N) is 6. The summed E-state index contributed by atoms with van der Waals surface area (Å²) in [5.74, 6) is 0.189. The van der Waals surface area contributed by atoms with Crippen LogP contribution in [0, 0.1) is 12.8 Å². The van der Waals surface area contributed by atoms with Gasteiger partial charge in [-0.2, -0.15) is 23.4 Å². The SMILES string of the molecule is Cc1ccc(-n2nccn2)c(C(=O)N2CC3CCC2C(Nc2ncc(C(F)(F)F)cc2Cl)C3)n1. The topological polar surface area (TPSA) is 88.8 Å². The minimum atomic E-state index is -4.52. The molecule has 3 fully saturated rings. The smallest absolute Gasteiger partial charge is 0.364 e. The van der Waals surface area contributed by atoms with E-state index in [1.54, 1.807) is 17.0 Å². The third-order valence-electron chi connectivity index (χ3n) is 6.38. The van der Waals surface area contributed by atoms with E-state index < -0.39 is 11.7 Å². The van der Waals surface area contributed by atoms with Crippen LogP contribution in [0.1, 0.15) is 41.0 Å². The molecule has 3 aliphatic rings. The van der Waals surface area contributed by atoms with Crippen LogP contribution in [0.5, 0.6) is 0 Å². The summed E-state index contributed by atoms with van der Waals surface area (Å²) < 4.78 is 38.9. The van der Waals surface area contributed by atoms with Gasteiger partial charge in [0.05, 0.1) is 29.0 Å². The third-order valence-corrected chi connectivity index (χ3v) is 6.67. The molecule has 2 aliphatic heterocycles. The molecule has 178 valence electrons. The van der Waals surface area contributed by atoms with E-state index in [0.29, 0.717) is 17.9 Å². The van der Waals surface area contributed by atoms with E-state index in [1.807, 2.05) is 6.92 Å². The van der Waals surface area contributed by atoms with Gasteiger partial charge < -0.3 is 10.2 Å². The van der Waals surface area contributed by atoms with Crippen molar-refractivity contribution in [1.82, 2.24) is 29.9 Å². The maximum atomic E-state index is 13.7. The highest BCUT2D eigenvalue weighted by Crippen LogP contribution is 2.39. The van der Waals surface area contributed by atoms with Crippen molar-refractivity contribution in [2.24, 2.45) is 5.92 Å². The summed E-state index contributed by atoms with van der Waals surface area (Å²) in [7, 11) is 0. The average molecular weight is 492 g/mol. The zero-order valence-corrected chi connectivity index (χ0v) is 18.9. The van der Waals surface area contributed by atoms with E-state index in [2.05, 4.69) is 25.5 Å². The fraction of sp³-hybridized carbons (Fsp3) is 0.409. The van der Waals surface area contributed by atoms with Gasteiger partial charge in [-0.25, -0.2) is 9.97 Å². The first kappa shape index (κ1) is 22.6. The number of aromatic nitrogens is 5. The van der Waals surface area contributed by atoms with Crippen LogP contribution in [0.2, 0.25) is 5.02 Å². The van der Waals surface area contributed by atoms with Gasteiger partial charge in [0, 0.05) is 24.5 Å². The Morgan fingerprint density at radius 3 is 2.65 bits per heavy atom. The number of aryl methyl sites for hydroxylation is 1. The van der Waals surface area contributed by atoms with Crippen molar-refractivity contribution >= 4 is 23.3 Å². The highest BCUT2D eigenvalue weighted by molar-refractivity contribution is 6.33. The summed E-state index contributed by atoms with van der Waals surface area (Å²) >= 11 is 6.11. The Balaban J connectivity index is 1.42. The number of alkyl halides is 3.